The Labute approximate surface area is 146 Å². The van der Waals surface area contributed by atoms with Crippen LogP contribution in [0, 0.1) is 11.3 Å². The zero-order chi connectivity index (χ0) is 17.1. The van der Waals surface area contributed by atoms with Gasteiger partial charge in [-0.25, -0.2) is 4.98 Å². The molecule has 0 saturated heterocycles. The zero-order valence-corrected chi connectivity index (χ0v) is 13.6. The van der Waals surface area contributed by atoms with E-state index in [1.54, 1.807) is 12.1 Å². The van der Waals surface area contributed by atoms with Crippen molar-refractivity contribution in [1.29, 1.82) is 5.26 Å². The summed E-state index contributed by atoms with van der Waals surface area (Å²) in [6, 6.07) is 21.9. The van der Waals surface area contributed by atoms with Gasteiger partial charge in [-0.05, 0) is 37.1 Å². The van der Waals surface area contributed by atoms with E-state index >= 15 is 0 Å². The highest BCUT2D eigenvalue weighted by atomic mass is 15.2. The number of hydrogen-bond donors (Lipinski definition) is 2. The summed E-state index contributed by atoms with van der Waals surface area (Å²) in [6.07, 6.45) is 2.33. The van der Waals surface area contributed by atoms with Gasteiger partial charge < -0.3 is 10.6 Å². The maximum Gasteiger partial charge on any atom is 0.225 e. The standard InChI is InChI=1S/C20H17N5/c21-13-14-6-8-16(9-7-14)22-19-12-18(15-4-2-1-3-5-15)24-20(25-19)23-17-10-11-17/h1-9,12,17H,10-11H2,(H2,22,23,24,25). The second kappa shape index (κ2) is 6.62. The van der Waals surface area contributed by atoms with Gasteiger partial charge in [0.25, 0.3) is 0 Å². The molecule has 2 aromatic carbocycles. The van der Waals surface area contributed by atoms with Gasteiger partial charge in [0.2, 0.25) is 5.95 Å². The van der Waals surface area contributed by atoms with E-state index in [0.29, 0.717) is 17.6 Å². The van der Waals surface area contributed by atoms with Crippen LogP contribution in [0.5, 0.6) is 0 Å². The minimum absolute atomic E-state index is 0.480. The maximum absolute atomic E-state index is 8.91. The third-order valence-electron chi connectivity index (χ3n) is 3.99. The molecule has 0 spiro atoms. The first-order valence-electron chi connectivity index (χ1n) is 8.28. The fourth-order valence-corrected chi connectivity index (χ4v) is 2.52. The number of rotatable bonds is 5. The lowest BCUT2D eigenvalue weighted by atomic mass is 10.1. The number of nitrogens with zero attached hydrogens (tertiary/aromatic N) is 3. The predicted molar refractivity (Wildman–Crippen MR) is 98.6 cm³/mol. The van der Waals surface area contributed by atoms with Crippen LogP contribution in [0.4, 0.5) is 17.5 Å². The SMILES string of the molecule is N#Cc1ccc(Nc2cc(-c3ccccc3)nc(NC3CC3)n2)cc1. The van der Waals surface area contributed by atoms with E-state index in [9.17, 15) is 0 Å². The molecule has 1 aliphatic rings. The molecule has 25 heavy (non-hydrogen) atoms. The van der Waals surface area contributed by atoms with Gasteiger partial charge in [-0.2, -0.15) is 10.2 Å². The van der Waals surface area contributed by atoms with Crippen molar-refractivity contribution < 1.29 is 0 Å². The fourth-order valence-electron chi connectivity index (χ4n) is 2.52. The molecule has 1 heterocycles. The molecule has 4 rings (SSSR count). The van der Waals surface area contributed by atoms with E-state index < -0.39 is 0 Å². The van der Waals surface area contributed by atoms with E-state index in [0.717, 1.165) is 35.6 Å². The molecule has 1 aliphatic carbocycles. The van der Waals surface area contributed by atoms with Gasteiger partial charge in [0.05, 0.1) is 17.3 Å². The van der Waals surface area contributed by atoms with E-state index in [1.165, 1.54) is 0 Å². The summed E-state index contributed by atoms with van der Waals surface area (Å²) in [6.45, 7) is 0. The Morgan fingerprint density at radius 3 is 2.40 bits per heavy atom. The number of nitrogens with one attached hydrogen (secondary N) is 2. The first-order chi connectivity index (χ1) is 12.3. The summed E-state index contributed by atoms with van der Waals surface area (Å²) in [7, 11) is 0. The Morgan fingerprint density at radius 1 is 0.960 bits per heavy atom. The second-order valence-corrected chi connectivity index (χ2v) is 6.06. The van der Waals surface area contributed by atoms with Crippen LogP contribution in [-0.4, -0.2) is 16.0 Å². The van der Waals surface area contributed by atoms with Crippen molar-refractivity contribution in [2.45, 2.75) is 18.9 Å². The molecule has 0 unspecified atom stereocenters. The topological polar surface area (TPSA) is 73.6 Å². The Balaban J connectivity index is 1.66. The Bertz CT molecular complexity index is 909. The molecule has 0 bridgehead atoms. The van der Waals surface area contributed by atoms with Crippen LogP contribution in [0.2, 0.25) is 0 Å². The normalized spacial score (nSPS) is 13.1. The summed E-state index contributed by atoms with van der Waals surface area (Å²) >= 11 is 0. The number of benzene rings is 2. The number of anilines is 3. The number of hydrogen-bond acceptors (Lipinski definition) is 5. The molecular formula is C20H17N5. The van der Waals surface area contributed by atoms with Crippen LogP contribution >= 0.6 is 0 Å². The van der Waals surface area contributed by atoms with Gasteiger partial charge in [-0.3, -0.25) is 0 Å². The average Bonchev–Trinajstić information content (AvgIpc) is 3.47. The first kappa shape index (κ1) is 15.2. The summed E-state index contributed by atoms with van der Waals surface area (Å²) < 4.78 is 0. The minimum Gasteiger partial charge on any atom is -0.351 e. The summed E-state index contributed by atoms with van der Waals surface area (Å²) in [4.78, 5) is 9.23. The summed E-state index contributed by atoms with van der Waals surface area (Å²) in [5.74, 6) is 1.36. The van der Waals surface area contributed by atoms with Crippen molar-refractivity contribution in [1.82, 2.24) is 9.97 Å². The minimum atomic E-state index is 0.480. The van der Waals surface area contributed by atoms with Crippen LogP contribution in [0.25, 0.3) is 11.3 Å². The van der Waals surface area contributed by atoms with Crippen molar-refractivity contribution in [2.24, 2.45) is 0 Å². The van der Waals surface area contributed by atoms with Gasteiger partial charge in [-0.15, -0.1) is 0 Å². The molecule has 2 N–H and O–H groups in total. The third-order valence-corrected chi connectivity index (χ3v) is 3.99. The monoisotopic (exact) mass is 327 g/mol. The van der Waals surface area contributed by atoms with Crippen molar-refractivity contribution in [2.75, 3.05) is 10.6 Å². The molecule has 1 saturated carbocycles. The average molecular weight is 327 g/mol. The quantitative estimate of drug-likeness (QED) is 0.729. The van der Waals surface area contributed by atoms with Crippen molar-refractivity contribution in [3.05, 3.63) is 66.2 Å². The Hall–Kier alpha value is -3.39. The largest absolute Gasteiger partial charge is 0.351 e. The lowest BCUT2D eigenvalue weighted by Gasteiger charge is -2.11. The lowest BCUT2D eigenvalue weighted by Crippen LogP contribution is -2.07. The maximum atomic E-state index is 8.91. The van der Waals surface area contributed by atoms with Crippen LogP contribution in [0.15, 0.2) is 60.7 Å². The third kappa shape index (κ3) is 3.75. The molecular weight excluding hydrogens is 310 g/mol. The fraction of sp³-hybridized carbons (Fsp3) is 0.150. The highest BCUT2D eigenvalue weighted by molar-refractivity contribution is 5.67. The summed E-state index contributed by atoms with van der Waals surface area (Å²) in [5, 5.41) is 15.6. The second-order valence-electron chi connectivity index (χ2n) is 6.06. The Kier molecular flexibility index (Phi) is 4.01. The number of aromatic nitrogens is 2. The molecule has 3 aromatic rings. The van der Waals surface area contributed by atoms with Gasteiger partial charge >= 0.3 is 0 Å². The van der Waals surface area contributed by atoms with Gasteiger partial charge in [-0.1, -0.05) is 30.3 Å². The molecule has 122 valence electrons. The van der Waals surface area contributed by atoms with Crippen LogP contribution in [0.3, 0.4) is 0 Å². The van der Waals surface area contributed by atoms with Crippen molar-refractivity contribution >= 4 is 17.5 Å². The van der Waals surface area contributed by atoms with E-state index in [4.69, 9.17) is 5.26 Å². The summed E-state index contributed by atoms with van der Waals surface area (Å²) in [5.41, 5.74) is 3.44. The van der Waals surface area contributed by atoms with Crippen LogP contribution in [-0.2, 0) is 0 Å². The van der Waals surface area contributed by atoms with Gasteiger partial charge in [0.15, 0.2) is 0 Å². The molecule has 0 amide bonds. The predicted octanol–water partition coefficient (Wildman–Crippen LogP) is 4.33. The molecule has 1 fully saturated rings. The molecule has 5 heteroatoms. The lowest BCUT2D eigenvalue weighted by molar-refractivity contribution is 1.06. The molecule has 1 aromatic heterocycles. The van der Waals surface area contributed by atoms with E-state index in [-0.39, 0.29) is 0 Å². The van der Waals surface area contributed by atoms with E-state index in [1.807, 2.05) is 48.5 Å². The first-order valence-corrected chi connectivity index (χ1v) is 8.28. The smallest absolute Gasteiger partial charge is 0.225 e. The van der Waals surface area contributed by atoms with Crippen LogP contribution < -0.4 is 10.6 Å². The molecule has 0 aliphatic heterocycles. The Morgan fingerprint density at radius 2 is 1.72 bits per heavy atom. The highest BCUT2D eigenvalue weighted by Crippen LogP contribution is 2.27. The van der Waals surface area contributed by atoms with Crippen LogP contribution in [0.1, 0.15) is 18.4 Å². The zero-order valence-electron chi connectivity index (χ0n) is 13.6. The van der Waals surface area contributed by atoms with E-state index in [2.05, 4.69) is 26.7 Å². The number of nitriles is 1. The van der Waals surface area contributed by atoms with Gasteiger partial charge in [0.1, 0.15) is 5.82 Å². The van der Waals surface area contributed by atoms with Gasteiger partial charge in [0, 0.05) is 23.4 Å². The van der Waals surface area contributed by atoms with Crippen molar-refractivity contribution in [3.63, 3.8) is 0 Å². The molecule has 0 radical (unpaired) electrons. The highest BCUT2D eigenvalue weighted by Gasteiger charge is 2.22. The van der Waals surface area contributed by atoms with Crippen molar-refractivity contribution in [3.8, 4) is 17.3 Å². The molecule has 5 nitrogen and oxygen atoms in total. The molecule has 0 atom stereocenters.